The third kappa shape index (κ3) is 5.39. The molecule has 7 nitrogen and oxygen atoms in total. The first kappa shape index (κ1) is 18.6. The van der Waals surface area contributed by atoms with Crippen molar-refractivity contribution in [2.75, 3.05) is 10.6 Å². The molecule has 132 valence electrons. The summed E-state index contributed by atoms with van der Waals surface area (Å²) in [5.74, 6) is -0.686. The van der Waals surface area contributed by atoms with E-state index in [1.165, 1.54) is 6.92 Å². The predicted octanol–water partition coefficient (Wildman–Crippen LogP) is 3.13. The van der Waals surface area contributed by atoms with Gasteiger partial charge in [-0.2, -0.15) is 0 Å². The Kier molecular flexibility index (Phi) is 6.24. The summed E-state index contributed by atoms with van der Waals surface area (Å²) >= 11 is 1.16. The maximum Gasteiger partial charge on any atom is 0.319 e. The number of aromatic nitrogens is 1. The Morgan fingerprint density at radius 1 is 1.08 bits per heavy atom. The maximum absolute atomic E-state index is 12.4. The summed E-state index contributed by atoms with van der Waals surface area (Å²) in [6, 6.07) is 7.74. The molecule has 2 rings (SSSR count). The highest BCUT2D eigenvalue weighted by molar-refractivity contribution is 7.14. The highest BCUT2D eigenvalue weighted by Gasteiger charge is 2.25. The number of benzene rings is 1. The second-order valence-electron chi connectivity index (χ2n) is 5.77. The summed E-state index contributed by atoms with van der Waals surface area (Å²) in [5.41, 5.74) is 0.935. The zero-order valence-electron chi connectivity index (χ0n) is 14.2. The first-order valence-corrected chi connectivity index (χ1v) is 8.64. The number of nitrogens with zero attached hydrogens (tertiary/aromatic N) is 1. The molecule has 0 radical (unpaired) electrons. The number of hydrogen-bond acceptors (Lipinski definition) is 5. The van der Waals surface area contributed by atoms with Crippen molar-refractivity contribution in [3.8, 4) is 0 Å². The summed E-state index contributed by atoms with van der Waals surface area (Å²) in [6.07, 6.45) is 0. The molecule has 1 heterocycles. The van der Waals surface area contributed by atoms with Crippen LogP contribution in [0.4, 0.5) is 15.6 Å². The number of rotatable bonds is 6. The molecule has 8 heteroatoms. The Balaban J connectivity index is 1.99. The number of Topliss-reactive ketones (excluding diaryl/α,β-unsaturated/α-hetero) is 1. The molecular weight excluding hydrogens is 340 g/mol. The van der Waals surface area contributed by atoms with Crippen LogP contribution in [0.15, 0.2) is 35.7 Å². The number of ketones is 1. The highest BCUT2D eigenvalue weighted by atomic mass is 32.1. The number of anilines is 2. The summed E-state index contributed by atoms with van der Waals surface area (Å²) < 4.78 is 0. The molecule has 1 unspecified atom stereocenters. The minimum atomic E-state index is -0.742. The Labute approximate surface area is 149 Å². The van der Waals surface area contributed by atoms with Crippen LogP contribution in [0.1, 0.15) is 31.3 Å². The fourth-order valence-electron chi connectivity index (χ4n) is 2.04. The third-order valence-electron chi connectivity index (χ3n) is 3.36. The average molecular weight is 360 g/mol. The lowest BCUT2D eigenvalue weighted by Crippen LogP contribution is -2.48. The third-order valence-corrected chi connectivity index (χ3v) is 4.12. The number of nitrogens with one attached hydrogen (secondary N) is 3. The van der Waals surface area contributed by atoms with Crippen LogP contribution in [0, 0.1) is 5.92 Å². The van der Waals surface area contributed by atoms with Crippen molar-refractivity contribution >= 4 is 39.9 Å². The largest absolute Gasteiger partial charge is 0.326 e. The van der Waals surface area contributed by atoms with Gasteiger partial charge in [-0.15, -0.1) is 11.3 Å². The van der Waals surface area contributed by atoms with Crippen molar-refractivity contribution < 1.29 is 14.4 Å². The summed E-state index contributed by atoms with van der Waals surface area (Å²) in [5, 5.41) is 9.89. The van der Waals surface area contributed by atoms with E-state index in [0.29, 0.717) is 16.5 Å². The number of thiazole rings is 1. The molecule has 0 fully saturated rings. The van der Waals surface area contributed by atoms with E-state index in [9.17, 15) is 14.4 Å². The van der Waals surface area contributed by atoms with Crippen LogP contribution >= 0.6 is 11.3 Å². The van der Waals surface area contributed by atoms with Crippen molar-refractivity contribution in [3.63, 3.8) is 0 Å². The van der Waals surface area contributed by atoms with E-state index in [4.69, 9.17) is 0 Å². The molecule has 0 aliphatic heterocycles. The molecule has 2 aromatic rings. The number of urea groups is 1. The first-order chi connectivity index (χ1) is 11.9. The van der Waals surface area contributed by atoms with Crippen molar-refractivity contribution in [1.82, 2.24) is 10.3 Å². The molecule has 25 heavy (non-hydrogen) atoms. The van der Waals surface area contributed by atoms with E-state index < -0.39 is 12.1 Å². The Bertz CT molecular complexity index is 758. The van der Waals surface area contributed by atoms with Crippen LogP contribution in [0.25, 0.3) is 0 Å². The van der Waals surface area contributed by atoms with Gasteiger partial charge in [0.15, 0.2) is 10.9 Å². The number of para-hydroxylation sites is 1. The van der Waals surface area contributed by atoms with Crippen LogP contribution in [-0.2, 0) is 4.79 Å². The molecule has 0 aliphatic carbocycles. The van der Waals surface area contributed by atoms with Crippen LogP contribution in [-0.4, -0.2) is 28.7 Å². The second-order valence-corrected chi connectivity index (χ2v) is 6.63. The molecule has 3 N–H and O–H groups in total. The van der Waals surface area contributed by atoms with Crippen molar-refractivity contribution in [2.24, 2.45) is 5.92 Å². The molecule has 0 saturated carbocycles. The standard InChI is InChI=1S/C17H20N4O3S/c1-10(2)14(20-16(24)18-12-7-5-4-6-8-12)15(23)21-17-19-13(9-25-17)11(3)22/h4-10,14H,1-3H3,(H2,18,20,24)(H,19,21,23). The van der Waals surface area contributed by atoms with E-state index in [1.54, 1.807) is 29.6 Å². The average Bonchev–Trinajstić information content (AvgIpc) is 3.02. The Hall–Kier alpha value is -2.74. The first-order valence-electron chi connectivity index (χ1n) is 7.76. The van der Waals surface area contributed by atoms with Gasteiger partial charge in [0, 0.05) is 18.0 Å². The Morgan fingerprint density at radius 3 is 2.32 bits per heavy atom. The van der Waals surface area contributed by atoms with E-state index >= 15 is 0 Å². The van der Waals surface area contributed by atoms with Gasteiger partial charge in [-0.25, -0.2) is 9.78 Å². The number of hydrogen-bond donors (Lipinski definition) is 3. The van der Waals surface area contributed by atoms with Gasteiger partial charge in [-0.05, 0) is 18.1 Å². The van der Waals surface area contributed by atoms with Gasteiger partial charge in [0.05, 0.1) is 0 Å². The van der Waals surface area contributed by atoms with E-state index in [0.717, 1.165) is 11.3 Å². The summed E-state index contributed by atoms with van der Waals surface area (Å²) in [4.78, 5) is 39.9. The van der Waals surface area contributed by atoms with Crippen LogP contribution in [0.3, 0.4) is 0 Å². The van der Waals surface area contributed by atoms with E-state index in [-0.39, 0.29) is 17.6 Å². The van der Waals surface area contributed by atoms with Crippen molar-refractivity contribution in [1.29, 1.82) is 0 Å². The van der Waals surface area contributed by atoms with Gasteiger partial charge >= 0.3 is 6.03 Å². The molecule has 0 spiro atoms. The second kappa shape index (κ2) is 8.39. The lowest BCUT2D eigenvalue weighted by atomic mass is 10.0. The molecule has 1 aromatic heterocycles. The fourth-order valence-corrected chi connectivity index (χ4v) is 2.79. The van der Waals surface area contributed by atoms with Gasteiger partial charge in [-0.1, -0.05) is 32.0 Å². The highest BCUT2D eigenvalue weighted by Crippen LogP contribution is 2.17. The summed E-state index contributed by atoms with van der Waals surface area (Å²) in [7, 11) is 0. The van der Waals surface area contributed by atoms with E-state index in [2.05, 4.69) is 20.9 Å². The number of carbonyl (C=O) groups is 3. The van der Waals surface area contributed by atoms with E-state index in [1.807, 2.05) is 19.9 Å². The van der Waals surface area contributed by atoms with Crippen LogP contribution in [0.5, 0.6) is 0 Å². The molecule has 1 aromatic carbocycles. The molecular formula is C17H20N4O3S. The van der Waals surface area contributed by atoms with Gasteiger partial charge in [0.25, 0.3) is 0 Å². The fraction of sp³-hybridized carbons (Fsp3) is 0.294. The SMILES string of the molecule is CC(=O)c1csc(NC(=O)C(NC(=O)Nc2ccccc2)C(C)C)n1. The van der Waals surface area contributed by atoms with Gasteiger partial charge in [0.2, 0.25) is 5.91 Å². The molecule has 3 amide bonds. The lowest BCUT2D eigenvalue weighted by Gasteiger charge is -2.21. The minimum Gasteiger partial charge on any atom is -0.326 e. The zero-order chi connectivity index (χ0) is 18.4. The van der Waals surface area contributed by atoms with Gasteiger partial charge in [0.1, 0.15) is 11.7 Å². The quantitative estimate of drug-likeness (QED) is 0.689. The number of amides is 3. The van der Waals surface area contributed by atoms with Gasteiger partial charge < -0.3 is 16.0 Å². The van der Waals surface area contributed by atoms with Crippen LogP contribution < -0.4 is 16.0 Å². The molecule has 1 atom stereocenters. The minimum absolute atomic E-state index is 0.131. The molecule has 0 saturated heterocycles. The smallest absolute Gasteiger partial charge is 0.319 e. The predicted molar refractivity (Wildman–Crippen MR) is 98.0 cm³/mol. The van der Waals surface area contributed by atoms with Crippen molar-refractivity contribution in [3.05, 3.63) is 41.4 Å². The topological polar surface area (TPSA) is 100 Å². The van der Waals surface area contributed by atoms with Crippen LogP contribution in [0.2, 0.25) is 0 Å². The zero-order valence-corrected chi connectivity index (χ0v) is 15.0. The van der Waals surface area contributed by atoms with Gasteiger partial charge in [-0.3, -0.25) is 9.59 Å². The summed E-state index contributed by atoms with van der Waals surface area (Å²) in [6.45, 7) is 5.07. The maximum atomic E-state index is 12.4. The normalized spacial score (nSPS) is 11.7. The lowest BCUT2D eigenvalue weighted by molar-refractivity contribution is -0.118. The molecule has 0 bridgehead atoms. The van der Waals surface area contributed by atoms with Crippen molar-refractivity contribution in [2.45, 2.75) is 26.8 Å². The number of carbonyl (C=O) groups excluding carboxylic acids is 3. The monoisotopic (exact) mass is 360 g/mol. The Morgan fingerprint density at radius 2 is 1.76 bits per heavy atom. The molecule has 0 aliphatic rings.